The van der Waals surface area contributed by atoms with Crippen molar-refractivity contribution >= 4 is 28.2 Å². The van der Waals surface area contributed by atoms with Gasteiger partial charge in [0.2, 0.25) is 0 Å². The van der Waals surface area contributed by atoms with Gasteiger partial charge in [-0.25, -0.2) is 0 Å². The summed E-state index contributed by atoms with van der Waals surface area (Å²) >= 11 is 1.88. The Bertz CT molecular complexity index is 630. The van der Waals surface area contributed by atoms with Crippen LogP contribution in [-0.2, 0) is 0 Å². The first kappa shape index (κ1) is 14.7. The fraction of sp³-hybridized carbons (Fsp3) is 0.353. The summed E-state index contributed by atoms with van der Waals surface area (Å²) < 4.78 is 0. The van der Waals surface area contributed by atoms with Gasteiger partial charge in [-0.15, -0.1) is 0 Å². The predicted octanol–water partition coefficient (Wildman–Crippen LogP) is 4.29. The Labute approximate surface area is 125 Å². The molecule has 2 aromatic rings. The fourth-order valence-electron chi connectivity index (χ4n) is 2.58. The monoisotopic (exact) mass is 284 g/mol. The molecule has 0 saturated heterocycles. The average Bonchev–Trinajstić information content (AvgIpc) is 2.50. The molecule has 0 aliphatic rings. The number of hydrogen-bond donors (Lipinski definition) is 0. The molecular weight excluding hydrogens is 264 g/mol. The van der Waals surface area contributed by atoms with Gasteiger partial charge in [0.05, 0.1) is 11.6 Å². The minimum Gasteiger partial charge on any atom is -0.370 e. The molecule has 0 spiro atoms. The third-order valence-electron chi connectivity index (χ3n) is 3.78. The second kappa shape index (κ2) is 6.67. The number of rotatable bonds is 5. The Hall–Kier alpha value is -1.66. The molecule has 0 heterocycles. The molecule has 0 fully saturated rings. The van der Waals surface area contributed by atoms with Gasteiger partial charge in [0.1, 0.15) is 0 Å². The van der Waals surface area contributed by atoms with Gasteiger partial charge in [0.25, 0.3) is 0 Å². The molecule has 1 atom stereocenters. The number of anilines is 1. The minimum absolute atomic E-state index is 0.515. The van der Waals surface area contributed by atoms with Crippen molar-refractivity contribution in [2.24, 2.45) is 0 Å². The van der Waals surface area contributed by atoms with Crippen molar-refractivity contribution in [3.8, 4) is 6.07 Å². The average molecular weight is 284 g/mol. The third-order valence-corrected chi connectivity index (χ3v) is 4.50. The lowest BCUT2D eigenvalue weighted by Crippen LogP contribution is -2.33. The van der Waals surface area contributed by atoms with Crippen molar-refractivity contribution in [2.75, 3.05) is 24.0 Å². The van der Waals surface area contributed by atoms with Gasteiger partial charge in [-0.3, -0.25) is 0 Å². The summed E-state index contributed by atoms with van der Waals surface area (Å²) in [6.45, 7) is 2.23. The van der Waals surface area contributed by atoms with Crippen LogP contribution in [-0.4, -0.2) is 25.1 Å². The number of thioether (sulfide) groups is 1. The van der Waals surface area contributed by atoms with E-state index in [-0.39, 0.29) is 0 Å². The van der Waals surface area contributed by atoms with Crippen LogP contribution in [0.5, 0.6) is 0 Å². The second-order valence-corrected chi connectivity index (χ2v) is 5.83. The number of hydrogen-bond acceptors (Lipinski definition) is 3. The number of benzene rings is 2. The van der Waals surface area contributed by atoms with Crippen LogP contribution in [0.15, 0.2) is 36.4 Å². The van der Waals surface area contributed by atoms with Gasteiger partial charge < -0.3 is 4.90 Å². The zero-order valence-corrected chi connectivity index (χ0v) is 13.1. The first-order valence-corrected chi connectivity index (χ1v) is 8.26. The van der Waals surface area contributed by atoms with Crippen LogP contribution >= 0.6 is 11.8 Å². The van der Waals surface area contributed by atoms with E-state index in [9.17, 15) is 5.26 Å². The molecule has 0 radical (unpaired) electrons. The zero-order valence-electron chi connectivity index (χ0n) is 12.3. The first-order chi connectivity index (χ1) is 9.72. The van der Waals surface area contributed by atoms with Gasteiger partial charge in [-0.2, -0.15) is 17.0 Å². The Morgan fingerprint density at radius 1 is 1.20 bits per heavy atom. The summed E-state index contributed by atoms with van der Waals surface area (Å²) in [6, 6.07) is 15.0. The summed E-state index contributed by atoms with van der Waals surface area (Å²) in [6.07, 6.45) is 3.26. The maximum absolute atomic E-state index is 9.24. The van der Waals surface area contributed by atoms with Gasteiger partial charge >= 0.3 is 0 Å². The van der Waals surface area contributed by atoms with E-state index in [1.807, 2.05) is 36.0 Å². The Kier molecular flexibility index (Phi) is 4.92. The van der Waals surface area contributed by atoms with E-state index in [0.717, 1.165) is 28.5 Å². The molecule has 0 amide bonds. The van der Waals surface area contributed by atoms with Gasteiger partial charge in [-0.1, -0.05) is 31.2 Å². The lowest BCUT2D eigenvalue weighted by molar-refractivity contribution is 0.675. The molecule has 0 bridgehead atoms. The van der Waals surface area contributed by atoms with Crippen LogP contribution < -0.4 is 4.90 Å². The lowest BCUT2D eigenvalue weighted by atomic mass is 10.0. The highest BCUT2D eigenvalue weighted by Gasteiger charge is 2.15. The van der Waals surface area contributed by atoms with E-state index < -0.39 is 0 Å². The highest BCUT2D eigenvalue weighted by molar-refractivity contribution is 7.98. The van der Waals surface area contributed by atoms with Gasteiger partial charge in [0.15, 0.2) is 0 Å². The lowest BCUT2D eigenvalue weighted by Gasteiger charge is -2.30. The topological polar surface area (TPSA) is 27.0 Å². The van der Waals surface area contributed by atoms with E-state index >= 15 is 0 Å². The van der Waals surface area contributed by atoms with Crippen molar-refractivity contribution in [3.63, 3.8) is 0 Å². The highest BCUT2D eigenvalue weighted by atomic mass is 32.2. The van der Waals surface area contributed by atoms with Crippen molar-refractivity contribution in [1.29, 1.82) is 5.26 Å². The van der Waals surface area contributed by atoms with Crippen LogP contribution in [0.2, 0.25) is 0 Å². The zero-order chi connectivity index (χ0) is 14.5. The summed E-state index contributed by atoms with van der Waals surface area (Å²) in [7, 11) is 2.15. The third kappa shape index (κ3) is 2.76. The molecule has 0 aromatic heterocycles. The molecule has 104 valence electrons. The number of fused-ring (bicyclic) bond motifs is 1. The van der Waals surface area contributed by atoms with Crippen molar-refractivity contribution < 1.29 is 0 Å². The maximum atomic E-state index is 9.24. The molecule has 0 aliphatic heterocycles. The van der Waals surface area contributed by atoms with Crippen LogP contribution in [0.4, 0.5) is 5.69 Å². The first-order valence-electron chi connectivity index (χ1n) is 6.86. The molecule has 20 heavy (non-hydrogen) atoms. The highest BCUT2D eigenvalue weighted by Crippen LogP contribution is 2.30. The molecule has 2 aromatic carbocycles. The molecule has 1 unspecified atom stereocenters. The van der Waals surface area contributed by atoms with Crippen LogP contribution in [0.1, 0.15) is 18.9 Å². The van der Waals surface area contributed by atoms with E-state index in [2.05, 4.69) is 43.3 Å². The normalized spacial score (nSPS) is 12.1. The number of nitrogens with zero attached hydrogens (tertiary/aromatic N) is 2. The largest absolute Gasteiger partial charge is 0.370 e. The number of nitriles is 1. The second-order valence-electron chi connectivity index (χ2n) is 4.92. The predicted molar refractivity (Wildman–Crippen MR) is 89.5 cm³/mol. The van der Waals surface area contributed by atoms with E-state index in [0.29, 0.717) is 6.04 Å². The summed E-state index contributed by atoms with van der Waals surface area (Å²) in [5.41, 5.74) is 1.95. The summed E-state index contributed by atoms with van der Waals surface area (Å²) in [5, 5.41) is 11.4. The standard InChI is InChI=1S/C17H20N2S/c1-4-14(12-20-3)19(2)17-10-9-13(11-18)15-7-5-6-8-16(15)17/h5-10,14H,4,12H2,1-3H3. The SMILES string of the molecule is CCC(CSC)N(C)c1ccc(C#N)c2ccccc12. The van der Waals surface area contributed by atoms with Gasteiger partial charge in [0, 0.05) is 35.3 Å². The molecule has 0 N–H and O–H groups in total. The molecular formula is C17H20N2S. The van der Waals surface area contributed by atoms with Crippen molar-refractivity contribution in [3.05, 3.63) is 42.0 Å². The quantitative estimate of drug-likeness (QED) is 0.819. The Balaban J connectivity index is 2.53. The molecule has 0 saturated carbocycles. The van der Waals surface area contributed by atoms with Crippen molar-refractivity contribution in [2.45, 2.75) is 19.4 Å². The molecule has 0 aliphatic carbocycles. The van der Waals surface area contributed by atoms with Crippen LogP contribution in [0.25, 0.3) is 10.8 Å². The molecule has 2 rings (SSSR count). The van der Waals surface area contributed by atoms with E-state index in [1.54, 1.807) is 0 Å². The summed E-state index contributed by atoms with van der Waals surface area (Å²) in [5.74, 6) is 1.11. The fourth-order valence-corrected chi connectivity index (χ4v) is 3.42. The molecule has 3 heteroatoms. The van der Waals surface area contributed by atoms with Crippen molar-refractivity contribution in [1.82, 2.24) is 0 Å². The van der Waals surface area contributed by atoms with Crippen LogP contribution in [0, 0.1) is 11.3 Å². The maximum Gasteiger partial charge on any atom is 0.0998 e. The van der Waals surface area contributed by atoms with Crippen LogP contribution in [0.3, 0.4) is 0 Å². The summed E-state index contributed by atoms with van der Waals surface area (Å²) in [4.78, 5) is 2.35. The molecule has 2 nitrogen and oxygen atoms in total. The van der Waals surface area contributed by atoms with E-state index in [1.165, 1.54) is 5.69 Å². The smallest absolute Gasteiger partial charge is 0.0998 e. The minimum atomic E-state index is 0.515. The Morgan fingerprint density at radius 2 is 1.90 bits per heavy atom. The van der Waals surface area contributed by atoms with Gasteiger partial charge in [-0.05, 0) is 24.8 Å². The van der Waals surface area contributed by atoms with E-state index in [4.69, 9.17) is 0 Å². The Morgan fingerprint density at radius 3 is 2.50 bits per heavy atom.